The van der Waals surface area contributed by atoms with E-state index in [1.807, 2.05) is 18.2 Å². The van der Waals surface area contributed by atoms with Crippen LogP contribution in [-0.2, 0) is 7.05 Å². The van der Waals surface area contributed by atoms with Crippen molar-refractivity contribution in [2.75, 3.05) is 5.32 Å². The molecule has 3 aromatic rings. The van der Waals surface area contributed by atoms with E-state index in [1.165, 1.54) is 12.1 Å². The maximum atomic E-state index is 13.7. The highest BCUT2D eigenvalue weighted by atomic mass is 35.5. The van der Waals surface area contributed by atoms with Gasteiger partial charge in [0, 0.05) is 24.5 Å². The van der Waals surface area contributed by atoms with E-state index in [-0.39, 0.29) is 10.9 Å². The van der Waals surface area contributed by atoms with Crippen LogP contribution in [0.1, 0.15) is 16.1 Å². The van der Waals surface area contributed by atoms with Crippen LogP contribution < -0.4 is 5.32 Å². The molecule has 1 amide bonds. The van der Waals surface area contributed by atoms with Gasteiger partial charge in [0.25, 0.3) is 5.91 Å². The lowest BCUT2D eigenvalue weighted by Gasteiger charge is -2.11. The fourth-order valence-electron chi connectivity index (χ4n) is 2.52. The first-order chi connectivity index (χ1) is 11.5. The van der Waals surface area contributed by atoms with Gasteiger partial charge in [0.05, 0.1) is 16.3 Å². The van der Waals surface area contributed by atoms with Gasteiger partial charge in [-0.05, 0) is 30.7 Å². The van der Waals surface area contributed by atoms with Crippen molar-refractivity contribution >= 4 is 23.2 Å². The number of amides is 1. The molecule has 122 valence electrons. The Morgan fingerprint density at radius 2 is 2.00 bits per heavy atom. The number of aromatic nitrogens is 2. The average molecular weight is 344 g/mol. The van der Waals surface area contributed by atoms with E-state index in [1.54, 1.807) is 37.0 Å². The fraction of sp³-hybridized carbons (Fsp3) is 0.111. The second-order valence-corrected chi connectivity index (χ2v) is 5.84. The average Bonchev–Trinajstić information content (AvgIpc) is 2.89. The summed E-state index contributed by atoms with van der Waals surface area (Å²) in [6, 6.07) is 11.8. The molecule has 0 unspecified atom stereocenters. The highest BCUT2D eigenvalue weighted by molar-refractivity contribution is 6.30. The third kappa shape index (κ3) is 3.16. The molecule has 0 atom stereocenters. The first kappa shape index (κ1) is 16.2. The standard InChI is InChI=1S/C18H15ClFN3O/c1-11-14(10-23(2)22-11)18(24)21-17-6-4-3-5-13(17)12-7-8-15(19)16(20)9-12/h3-10H,1-2H3,(H,21,24). The van der Waals surface area contributed by atoms with E-state index in [9.17, 15) is 9.18 Å². The normalized spacial score (nSPS) is 10.7. The molecule has 0 saturated heterocycles. The van der Waals surface area contributed by atoms with Crippen LogP contribution in [0.4, 0.5) is 10.1 Å². The van der Waals surface area contributed by atoms with Crippen molar-refractivity contribution in [2.45, 2.75) is 6.92 Å². The van der Waals surface area contributed by atoms with E-state index in [2.05, 4.69) is 10.4 Å². The molecule has 1 heterocycles. The van der Waals surface area contributed by atoms with Gasteiger partial charge in [-0.3, -0.25) is 9.48 Å². The smallest absolute Gasteiger partial charge is 0.259 e. The van der Waals surface area contributed by atoms with Crippen LogP contribution >= 0.6 is 11.6 Å². The molecule has 1 aromatic heterocycles. The number of hydrogen-bond acceptors (Lipinski definition) is 2. The summed E-state index contributed by atoms with van der Waals surface area (Å²) in [4.78, 5) is 12.5. The molecule has 0 aliphatic carbocycles. The summed E-state index contributed by atoms with van der Waals surface area (Å²) < 4.78 is 15.3. The molecule has 0 spiro atoms. The molecule has 3 rings (SSSR count). The van der Waals surface area contributed by atoms with Gasteiger partial charge in [0.15, 0.2) is 0 Å². The largest absolute Gasteiger partial charge is 0.321 e. The molecule has 0 radical (unpaired) electrons. The number of anilines is 1. The molecule has 6 heteroatoms. The van der Waals surface area contributed by atoms with Gasteiger partial charge in [-0.25, -0.2) is 4.39 Å². The quantitative estimate of drug-likeness (QED) is 0.764. The van der Waals surface area contributed by atoms with Crippen LogP contribution in [0.15, 0.2) is 48.7 Å². The molecule has 0 aliphatic heterocycles. The van der Waals surface area contributed by atoms with Gasteiger partial charge in [-0.2, -0.15) is 5.10 Å². The van der Waals surface area contributed by atoms with Gasteiger partial charge >= 0.3 is 0 Å². The van der Waals surface area contributed by atoms with Crippen molar-refractivity contribution in [3.05, 3.63) is 70.8 Å². The summed E-state index contributed by atoms with van der Waals surface area (Å²) in [6.45, 7) is 1.77. The predicted octanol–water partition coefficient (Wildman–Crippen LogP) is 4.44. The zero-order chi connectivity index (χ0) is 17.3. The Bertz CT molecular complexity index is 920. The molecule has 0 aliphatic rings. The van der Waals surface area contributed by atoms with Gasteiger partial charge in [0.2, 0.25) is 0 Å². The summed E-state index contributed by atoms with van der Waals surface area (Å²) in [5.74, 6) is -0.763. The lowest BCUT2D eigenvalue weighted by atomic mass is 10.0. The number of carbonyl (C=O) groups is 1. The van der Waals surface area contributed by atoms with Crippen molar-refractivity contribution in [1.82, 2.24) is 9.78 Å². The number of halogens is 2. The topological polar surface area (TPSA) is 46.9 Å². The number of carbonyl (C=O) groups excluding carboxylic acids is 1. The fourth-order valence-corrected chi connectivity index (χ4v) is 2.64. The van der Waals surface area contributed by atoms with E-state index < -0.39 is 5.82 Å². The Hall–Kier alpha value is -2.66. The predicted molar refractivity (Wildman–Crippen MR) is 92.7 cm³/mol. The second-order valence-electron chi connectivity index (χ2n) is 5.43. The molecular weight excluding hydrogens is 329 g/mol. The van der Waals surface area contributed by atoms with Crippen LogP contribution in [0.5, 0.6) is 0 Å². The summed E-state index contributed by atoms with van der Waals surface area (Å²) in [6.07, 6.45) is 1.66. The Morgan fingerprint density at radius 3 is 2.67 bits per heavy atom. The Kier molecular flexibility index (Phi) is 4.36. The third-order valence-corrected chi connectivity index (χ3v) is 3.97. The van der Waals surface area contributed by atoms with E-state index >= 15 is 0 Å². The van der Waals surface area contributed by atoms with Crippen molar-refractivity contribution in [1.29, 1.82) is 0 Å². The van der Waals surface area contributed by atoms with Crippen molar-refractivity contribution in [3.63, 3.8) is 0 Å². The van der Waals surface area contributed by atoms with Gasteiger partial charge in [0.1, 0.15) is 5.82 Å². The van der Waals surface area contributed by atoms with Gasteiger partial charge < -0.3 is 5.32 Å². The molecule has 0 saturated carbocycles. The van der Waals surface area contributed by atoms with Crippen LogP contribution in [0.2, 0.25) is 5.02 Å². The Morgan fingerprint density at radius 1 is 1.25 bits per heavy atom. The third-order valence-electron chi connectivity index (χ3n) is 3.66. The van der Waals surface area contributed by atoms with Crippen molar-refractivity contribution in [2.24, 2.45) is 7.05 Å². The minimum absolute atomic E-state index is 0.0613. The second kappa shape index (κ2) is 6.45. The lowest BCUT2D eigenvalue weighted by molar-refractivity contribution is 0.102. The van der Waals surface area contributed by atoms with Crippen LogP contribution in [-0.4, -0.2) is 15.7 Å². The van der Waals surface area contributed by atoms with E-state index in [0.717, 1.165) is 0 Å². The molecule has 24 heavy (non-hydrogen) atoms. The van der Waals surface area contributed by atoms with Crippen molar-refractivity contribution < 1.29 is 9.18 Å². The molecule has 0 bridgehead atoms. The highest BCUT2D eigenvalue weighted by Crippen LogP contribution is 2.30. The maximum Gasteiger partial charge on any atom is 0.259 e. The first-order valence-corrected chi connectivity index (χ1v) is 7.69. The first-order valence-electron chi connectivity index (χ1n) is 7.32. The molecule has 1 N–H and O–H groups in total. The highest BCUT2D eigenvalue weighted by Gasteiger charge is 2.15. The number of hydrogen-bond donors (Lipinski definition) is 1. The summed E-state index contributed by atoms with van der Waals surface area (Å²) in [5, 5.41) is 7.09. The minimum Gasteiger partial charge on any atom is -0.321 e. The van der Waals surface area contributed by atoms with E-state index in [0.29, 0.717) is 28.1 Å². The number of rotatable bonds is 3. The number of benzene rings is 2. The van der Waals surface area contributed by atoms with Crippen LogP contribution in [0, 0.1) is 12.7 Å². The number of para-hydroxylation sites is 1. The maximum absolute atomic E-state index is 13.7. The molecular formula is C18H15ClFN3O. The Balaban J connectivity index is 1.96. The van der Waals surface area contributed by atoms with Crippen molar-refractivity contribution in [3.8, 4) is 11.1 Å². The lowest BCUT2D eigenvalue weighted by Crippen LogP contribution is -2.13. The number of nitrogens with zero attached hydrogens (tertiary/aromatic N) is 2. The Labute approximate surface area is 143 Å². The summed E-state index contributed by atoms with van der Waals surface area (Å²) in [5.41, 5.74) is 3.07. The van der Waals surface area contributed by atoms with Gasteiger partial charge in [-0.15, -0.1) is 0 Å². The molecule has 0 fully saturated rings. The van der Waals surface area contributed by atoms with Gasteiger partial charge in [-0.1, -0.05) is 35.9 Å². The summed E-state index contributed by atoms with van der Waals surface area (Å²) >= 11 is 5.74. The monoisotopic (exact) mass is 343 g/mol. The van der Waals surface area contributed by atoms with E-state index in [4.69, 9.17) is 11.6 Å². The molecule has 2 aromatic carbocycles. The minimum atomic E-state index is -0.501. The SMILES string of the molecule is Cc1nn(C)cc1C(=O)Nc1ccccc1-c1ccc(Cl)c(F)c1. The zero-order valence-corrected chi connectivity index (χ0v) is 13.9. The zero-order valence-electron chi connectivity index (χ0n) is 13.2. The molecule has 4 nitrogen and oxygen atoms in total. The van der Waals surface area contributed by atoms with Crippen LogP contribution in [0.3, 0.4) is 0 Å². The van der Waals surface area contributed by atoms with Crippen LogP contribution in [0.25, 0.3) is 11.1 Å². The number of nitrogens with one attached hydrogen (secondary N) is 1. The number of aryl methyl sites for hydroxylation is 2. The summed E-state index contributed by atoms with van der Waals surface area (Å²) in [7, 11) is 1.76.